The van der Waals surface area contributed by atoms with Crippen molar-refractivity contribution >= 4 is 23.2 Å². The molecule has 1 aliphatic heterocycles. The second kappa shape index (κ2) is 3.94. The van der Waals surface area contributed by atoms with Crippen molar-refractivity contribution in [1.82, 2.24) is 0 Å². The Morgan fingerprint density at radius 1 is 1.56 bits per heavy atom. The van der Waals surface area contributed by atoms with Crippen molar-refractivity contribution in [3.05, 3.63) is 23.8 Å². The first-order valence-corrected chi connectivity index (χ1v) is 5.05. The summed E-state index contributed by atoms with van der Waals surface area (Å²) in [5.41, 5.74) is 7.81. The first-order valence-electron chi connectivity index (χ1n) is 5.05. The number of carbonyl (C=O) groups excluding carboxylic acids is 2. The van der Waals surface area contributed by atoms with Crippen molar-refractivity contribution in [2.45, 2.75) is 19.4 Å². The molecule has 1 atom stereocenters. The fourth-order valence-electron chi connectivity index (χ4n) is 1.56. The predicted molar refractivity (Wildman–Crippen MR) is 61.1 cm³/mol. The van der Waals surface area contributed by atoms with E-state index in [4.69, 9.17) is 5.73 Å². The summed E-state index contributed by atoms with van der Waals surface area (Å²) in [5, 5.41) is 5.41. The van der Waals surface area contributed by atoms with Gasteiger partial charge in [-0.1, -0.05) is 0 Å². The number of nitrogens with one attached hydrogen (secondary N) is 2. The summed E-state index contributed by atoms with van der Waals surface area (Å²) >= 11 is 0. The van der Waals surface area contributed by atoms with Gasteiger partial charge in [-0.25, -0.2) is 0 Å². The Balaban J connectivity index is 2.17. The zero-order chi connectivity index (χ0) is 11.7. The number of hydrogen-bond donors (Lipinski definition) is 3. The molecule has 16 heavy (non-hydrogen) atoms. The van der Waals surface area contributed by atoms with Crippen molar-refractivity contribution in [3.63, 3.8) is 0 Å². The number of nitrogens with two attached hydrogens (primary N) is 1. The monoisotopic (exact) mass is 219 g/mol. The Hall–Kier alpha value is -1.88. The predicted octanol–water partition coefficient (Wildman–Crippen LogP) is 0.467. The Morgan fingerprint density at radius 3 is 3.00 bits per heavy atom. The van der Waals surface area contributed by atoms with Crippen molar-refractivity contribution in [1.29, 1.82) is 0 Å². The molecule has 0 spiro atoms. The Morgan fingerprint density at radius 2 is 2.31 bits per heavy atom. The summed E-state index contributed by atoms with van der Waals surface area (Å²) in [5.74, 6) is -0.261. The zero-order valence-corrected chi connectivity index (χ0v) is 8.91. The normalized spacial score (nSPS) is 15.2. The van der Waals surface area contributed by atoms with Crippen molar-refractivity contribution < 1.29 is 9.59 Å². The molecule has 84 valence electrons. The lowest BCUT2D eigenvalue weighted by atomic mass is 10.1. The highest BCUT2D eigenvalue weighted by atomic mass is 16.2. The van der Waals surface area contributed by atoms with Gasteiger partial charge in [-0.3, -0.25) is 9.59 Å². The zero-order valence-electron chi connectivity index (χ0n) is 8.91. The van der Waals surface area contributed by atoms with E-state index >= 15 is 0 Å². The van der Waals surface area contributed by atoms with Crippen LogP contribution in [0.1, 0.15) is 12.5 Å². The van der Waals surface area contributed by atoms with Gasteiger partial charge in [0.1, 0.15) is 0 Å². The second-order valence-corrected chi connectivity index (χ2v) is 3.87. The maximum Gasteiger partial charge on any atom is 0.240 e. The molecule has 0 radical (unpaired) electrons. The molecule has 0 saturated heterocycles. The van der Waals surface area contributed by atoms with Gasteiger partial charge in [0.15, 0.2) is 0 Å². The molecule has 0 aliphatic carbocycles. The molecule has 5 heteroatoms. The highest BCUT2D eigenvalue weighted by Crippen LogP contribution is 2.25. The van der Waals surface area contributed by atoms with E-state index in [1.54, 1.807) is 25.1 Å². The molecule has 0 aromatic heterocycles. The van der Waals surface area contributed by atoms with Gasteiger partial charge in [0, 0.05) is 11.4 Å². The SMILES string of the molecule is C[C@H](N)C(=O)Nc1ccc2c(c1)CC(=O)N2. The molecule has 4 N–H and O–H groups in total. The Kier molecular flexibility index (Phi) is 2.62. The average molecular weight is 219 g/mol. The number of benzene rings is 1. The highest BCUT2D eigenvalue weighted by molar-refractivity contribution is 6.00. The molecule has 1 heterocycles. The van der Waals surface area contributed by atoms with E-state index in [-0.39, 0.29) is 11.8 Å². The van der Waals surface area contributed by atoms with Crippen LogP contribution in [0.4, 0.5) is 11.4 Å². The van der Waals surface area contributed by atoms with Gasteiger partial charge in [0.25, 0.3) is 0 Å². The molecular weight excluding hydrogens is 206 g/mol. The van der Waals surface area contributed by atoms with E-state index in [0.717, 1.165) is 11.3 Å². The van der Waals surface area contributed by atoms with Crippen LogP contribution in [0.5, 0.6) is 0 Å². The van der Waals surface area contributed by atoms with Crippen LogP contribution in [-0.4, -0.2) is 17.9 Å². The Bertz CT molecular complexity index is 455. The van der Waals surface area contributed by atoms with E-state index in [0.29, 0.717) is 12.1 Å². The van der Waals surface area contributed by atoms with Gasteiger partial charge in [-0.2, -0.15) is 0 Å². The molecule has 2 amide bonds. The summed E-state index contributed by atoms with van der Waals surface area (Å²) in [6.45, 7) is 1.62. The molecular formula is C11H13N3O2. The van der Waals surface area contributed by atoms with Crippen molar-refractivity contribution in [2.75, 3.05) is 10.6 Å². The van der Waals surface area contributed by atoms with Crippen LogP contribution < -0.4 is 16.4 Å². The van der Waals surface area contributed by atoms with Crippen LogP contribution in [0, 0.1) is 0 Å². The molecule has 0 fully saturated rings. The number of fused-ring (bicyclic) bond motifs is 1. The third-order valence-electron chi connectivity index (χ3n) is 2.41. The third-order valence-corrected chi connectivity index (χ3v) is 2.41. The standard InChI is InChI=1S/C11H13N3O2/c1-6(12)11(16)13-8-2-3-9-7(4-8)5-10(15)14-9/h2-4,6H,5,12H2,1H3,(H,13,16)(H,14,15)/t6-/m0/s1. The highest BCUT2D eigenvalue weighted by Gasteiger charge is 2.18. The summed E-state index contributed by atoms with van der Waals surface area (Å²) in [7, 11) is 0. The molecule has 0 bridgehead atoms. The lowest BCUT2D eigenvalue weighted by Gasteiger charge is -2.08. The van der Waals surface area contributed by atoms with E-state index in [1.807, 2.05) is 0 Å². The van der Waals surface area contributed by atoms with Gasteiger partial charge in [-0.05, 0) is 30.7 Å². The van der Waals surface area contributed by atoms with E-state index in [1.165, 1.54) is 0 Å². The molecule has 2 rings (SSSR count). The summed E-state index contributed by atoms with van der Waals surface area (Å²) in [6, 6.07) is 4.75. The van der Waals surface area contributed by atoms with Gasteiger partial charge < -0.3 is 16.4 Å². The van der Waals surface area contributed by atoms with Gasteiger partial charge in [0.2, 0.25) is 11.8 Å². The van der Waals surface area contributed by atoms with Crippen LogP contribution >= 0.6 is 0 Å². The van der Waals surface area contributed by atoms with Crippen LogP contribution in [-0.2, 0) is 16.0 Å². The van der Waals surface area contributed by atoms with Crippen LogP contribution in [0.15, 0.2) is 18.2 Å². The lowest BCUT2D eigenvalue weighted by molar-refractivity contribution is -0.117. The average Bonchev–Trinajstić information content (AvgIpc) is 2.57. The van der Waals surface area contributed by atoms with Gasteiger partial charge in [-0.15, -0.1) is 0 Å². The van der Waals surface area contributed by atoms with Crippen LogP contribution in [0.2, 0.25) is 0 Å². The number of amides is 2. The van der Waals surface area contributed by atoms with Crippen molar-refractivity contribution in [3.8, 4) is 0 Å². The fraction of sp³-hybridized carbons (Fsp3) is 0.273. The van der Waals surface area contributed by atoms with E-state index in [9.17, 15) is 9.59 Å². The smallest absolute Gasteiger partial charge is 0.240 e. The molecule has 0 unspecified atom stereocenters. The maximum atomic E-state index is 11.4. The number of anilines is 2. The minimum Gasteiger partial charge on any atom is -0.326 e. The second-order valence-electron chi connectivity index (χ2n) is 3.87. The minimum atomic E-state index is -0.548. The topological polar surface area (TPSA) is 84.2 Å². The number of carbonyl (C=O) groups is 2. The molecule has 1 aromatic rings. The quantitative estimate of drug-likeness (QED) is 0.675. The minimum absolute atomic E-state index is 0.0225. The van der Waals surface area contributed by atoms with Crippen LogP contribution in [0.25, 0.3) is 0 Å². The summed E-state index contributed by atoms with van der Waals surface area (Å²) in [6.07, 6.45) is 0.358. The summed E-state index contributed by atoms with van der Waals surface area (Å²) in [4.78, 5) is 22.5. The van der Waals surface area contributed by atoms with E-state index in [2.05, 4.69) is 10.6 Å². The number of rotatable bonds is 2. The van der Waals surface area contributed by atoms with Gasteiger partial charge >= 0.3 is 0 Å². The maximum absolute atomic E-state index is 11.4. The fourth-order valence-corrected chi connectivity index (χ4v) is 1.56. The first kappa shape index (κ1) is 10.6. The van der Waals surface area contributed by atoms with E-state index < -0.39 is 6.04 Å². The van der Waals surface area contributed by atoms with Gasteiger partial charge in [0.05, 0.1) is 12.5 Å². The lowest BCUT2D eigenvalue weighted by Crippen LogP contribution is -2.32. The first-order chi connectivity index (χ1) is 7.56. The molecule has 0 saturated carbocycles. The van der Waals surface area contributed by atoms with Crippen LogP contribution in [0.3, 0.4) is 0 Å². The molecule has 1 aromatic carbocycles. The molecule has 5 nitrogen and oxygen atoms in total. The molecule has 1 aliphatic rings. The largest absolute Gasteiger partial charge is 0.326 e. The number of hydrogen-bond acceptors (Lipinski definition) is 3. The van der Waals surface area contributed by atoms with Crippen molar-refractivity contribution in [2.24, 2.45) is 5.73 Å². The summed E-state index contributed by atoms with van der Waals surface area (Å²) < 4.78 is 0. The Labute approximate surface area is 93.0 Å². The third kappa shape index (κ3) is 2.04.